The molecule has 0 unspecified atom stereocenters. The second-order valence-electron chi connectivity index (χ2n) is 5.01. The summed E-state index contributed by atoms with van der Waals surface area (Å²) < 4.78 is 5.58. The van der Waals surface area contributed by atoms with Crippen LogP contribution in [0.5, 0.6) is 5.75 Å². The highest BCUT2D eigenvalue weighted by atomic mass is 16.5. The molecule has 2 aromatic rings. The lowest BCUT2D eigenvalue weighted by atomic mass is 10.2. The Morgan fingerprint density at radius 1 is 1.35 bits per heavy atom. The summed E-state index contributed by atoms with van der Waals surface area (Å²) in [5.74, 6) is 7.06. The molecule has 0 atom stereocenters. The number of carbonyl (C=O) groups is 1. The number of hydrogen-bond donors (Lipinski definition) is 3. The lowest BCUT2D eigenvalue weighted by Gasteiger charge is -2.06. The molecule has 0 bridgehead atoms. The van der Waals surface area contributed by atoms with Gasteiger partial charge >= 0.3 is 6.03 Å². The van der Waals surface area contributed by atoms with Crippen molar-refractivity contribution in [1.29, 1.82) is 0 Å². The fourth-order valence-electron chi connectivity index (χ4n) is 2.00. The van der Waals surface area contributed by atoms with Crippen LogP contribution in [0.1, 0.15) is 33.1 Å². The lowest BCUT2D eigenvalue weighted by Crippen LogP contribution is -2.29. The average Bonchev–Trinajstić information content (AvgIpc) is 2.94. The molecule has 2 amide bonds. The summed E-state index contributed by atoms with van der Waals surface area (Å²) in [6.07, 6.45) is 2.80. The van der Waals surface area contributed by atoms with Crippen molar-refractivity contribution in [3.63, 3.8) is 0 Å². The van der Waals surface area contributed by atoms with Gasteiger partial charge in [0.05, 0.1) is 5.52 Å². The van der Waals surface area contributed by atoms with E-state index in [-0.39, 0.29) is 6.03 Å². The molecular weight excluding hydrogens is 292 g/mol. The Balaban J connectivity index is 2.04. The van der Waals surface area contributed by atoms with Crippen LogP contribution in [-0.4, -0.2) is 29.4 Å². The summed E-state index contributed by atoms with van der Waals surface area (Å²) >= 11 is 0. The maximum Gasteiger partial charge on any atom is 0.320 e. The maximum atomic E-state index is 11.8. The summed E-state index contributed by atoms with van der Waals surface area (Å²) in [4.78, 5) is 11.8. The fraction of sp³-hybridized carbons (Fsp3) is 0.412. The minimum Gasteiger partial charge on any atom is -0.481 e. The molecule has 0 aliphatic rings. The predicted molar refractivity (Wildman–Crippen MR) is 91.6 cm³/mol. The van der Waals surface area contributed by atoms with Gasteiger partial charge in [0.1, 0.15) is 12.4 Å². The lowest BCUT2D eigenvalue weighted by molar-refractivity contribution is 0.252. The van der Waals surface area contributed by atoms with Crippen LogP contribution in [0.4, 0.5) is 10.6 Å². The number of H-pyrrole nitrogens is 1. The van der Waals surface area contributed by atoms with Gasteiger partial charge in [0, 0.05) is 18.4 Å². The van der Waals surface area contributed by atoms with Gasteiger partial charge in [-0.25, -0.2) is 4.79 Å². The Morgan fingerprint density at radius 3 is 3.00 bits per heavy atom. The van der Waals surface area contributed by atoms with Gasteiger partial charge in [-0.1, -0.05) is 26.2 Å². The van der Waals surface area contributed by atoms with E-state index >= 15 is 0 Å². The normalized spacial score (nSPS) is 10.0. The SMILES string of the molecule is CCC#CCOc1ccc2[nH]nc(NC(=O)NCCCC)c2c1. The summed E-state index contributed by atoms with van der Waals surface area (Å²) in [5, 5.41) is 13.4. The van der Waals surface area contributed by atoms with Crippen LogP contribution < -0.4 is 15.4 Å². The minimum atomic E-state index is -0.257. The highest BCUT2D eigenvalue weighted by molar-refractivity contribution is 5.99. The van der Waals surface area contributed by atoms with E-state index in [2.05, 4.69) is 39.6 Å². The van der Waals surface area contributed by atoms with E-state index in [0.29, 0.717) is 24.7 Å². The number of fused-ring (bicyclic) bond motifs is 1. The summed E-state index contributed by atoms with van der Waals surface area (Å²) in [6.45, 7) is 5.06. The first-order valence-electron chi connectivity index (χ1n) is 7.86. The topological polar surface area (TPSA) is 79.0 Å². The molecule has 6 nitrogen and oxygen atoms in total. The number of unbranched alkanes of at least 4 members (excludes halogenated alkanes) is 1. The van der Waals surface area contributed by atoms with Gasteiger partial charge in [-0.3, -0.25) is 10.4 Å². The van der Waals surface area contributed by atoms with E-state index < -0.39 is 0 Å². The van der Waals surface area contributed by atoms with Crippen LogP contribution in [0.15, 0.2) is 18.2 Å². The quantitative estimate of drug-likeness (QED) is 0.565. The van der Waals surface area contributed by atoms with E-state index in [1.54, 1.807) is 0 Å². The van der Waals surface area contributed by atoms with E-state index in [0.717, 1.165) is 30.2 Å². The number of carbonyl (C=O) groups excluding carboxylic acids is 1. The van der Waals surface area contributed by atoms with E-state index in [1.165, 1.54) is 0 Å². The first-order chi connectivity index (χ1) is 11.2. The van der Waals surface area contributed by atoms with Gasteiger partial charge in [-0.15, -0.1) is 5.92 Å². The number of anilines is 1. The van der Waals surface area contributed by atoms with Crippen molar-refractivity contribution in [2.45, 2.75) is 33.1 Å². The molecule has 1 aromatic heterocycles. The molecule has 0 aliphatic heterocycles. The third-order valence-electron chi connectivity index (χ3n) is 3.19. The molecule has 3 N–H and O–H groups in total. The zero-order valence-electron chi connectivity index (χ0n) is 13.5. The van der Waals surface area contributed by atoms with Crippen LogP contribution in [0.25, 0.3) is 10.9 Å². The van der Waals surface area contributed by atoms with Gasteiger partial charge in [0.2, 0.25) is 0 Å². The molecule has 6 heteroatoms. The van der Waals surface area contributed by atoms with Gasteiger partial charge in [0.25, 0.3) is 0 Å². The molecular formula is C17H22N4O2. The number of nitrogens with zero attached hydrogens (tertiary/aromatic N) is 1. The van der Waals surface area contributed by atoms with E-state index in [1.807, 2.05) is 25.1 Å². The van der Waals surface area contributed by atoms with Crippen molar-refractivity contribution in [2.75, 3.05) is 18.5 Å². The highest BCUT2D eigenvalue weighted by Crippen LogP contribution is 2.25. The molecule has 23 heavy (non-hydrogen) atoms. The van der Waals surface area contributed by atoms with Crippen molar-refractivity contribution in [2.24, 2.45) is 0 Å². The van der Waals surface area contributed by atoms with Gasteiger partial charge in [-0.2, -0.15) is 5.10 Å². The molecule has 0 aliphatic carbocycles. The van der Waals surface area contributed by atoms with Crippen molar-refractivity contribution in [1.82, 2.24) is 15.5 Å². The summed E-state index contributed by atoms with van der Waals surface area (Å²) in [5.41, 5.74) is 0.834. The van der Waals surface area contributed by atoms with Crippen LogP contribution >= 0.6 is 0 Å². The van der Waals surface area contributed by atoms with Crippen LogP contribution in [-0.2, 0) is 0 Å². The smallest absolute Gasteiger partial charge is 0.320 e. The standard InChI is InChI=1S/C17H22N4O2/c1-3-5-7-11-23-13-8-9-15-14(12-13)16(21-20-15)19-17(22)18-10-6-4-2/h8-9,12H,3-4,6,10-11H2,1-2H3,(H3,18,19,20,21,22). The largest absolute Gasteiger partial charge is 0.481 e. The highest BCUT2D eigenvalue weighted by Gasteiger charge is 2.10. The molecule has 0 fully saturated rings. The molecule has 0 saturated carbocycles. The number of benzene rings is 1. The Bertz CT molecular complexity index is 712. The number of hydrogen-bond acceptors (Lipinski definition) is 3. The molecule has 1 aromatic carbocycles. The van der Waals surface area contributed by atoms with Crippen molar-refractivity contribution >= 4 is 22.8 Å². The summed E-state index contributed by atoms with van der Waals surface area (Å²) in [6, 6.07) is 5.30. The molecule has 0 spiro atoms. The zero-order valence-corrected chi connectivity index (χ0v) is 13.5. The number of aromatic nitrogens is 2. The first-order valence-corrected chi connectivity index (χ1v) is 7.86. The Morgan fingerprint density at radius 2 is 2.22 bits per heavy atom. The Hall–Kier alpha value is -2.68. The van der Waals surface area contributed by atoms with Crippen LogP contribution in [0.3, 0.4) is 0 Å². The van der Waals surface area contributed by atoms with E-state index in [4.69, 9.17) is 4.74 Å². The first kappa shape index (κ1) is 16.7. The molecule has 0 radical (unpaired) electrons. The second kappa shape index (κ2) is 8.69. The maximum absolute atomic E-state index is 11.8. The van der Waals surface area contributed by atoms with Gasteiger partial charge in [0.15, 0.2) is 5.82 Å². The number of amides is 2. The predicted octanol–water partition coefficient (Wildman–Crippen LogP) is 3.28. The van der Waals surface area contributed by atoms with Gasteiger partial charge < -0.3 is 10.1 Å². The average molecular weight is 314 g/mol. The Kier molecular flexibility index (Phi) is 6.30. The van der Waals surface area contributed by atoms with Gasteiger partial charge in [-0.05, 0) is 24.6 Å². The molecule has 1 heterocycles. The van der Waals surface area contributed by atoms with Crippen molar-refractivity contribution < 1.29 is 9.53 Å². The number of urea groups is 1. The number of aromatic amines is 1. The molecule has 0 saturated heterocycles. The molecule has 2 rings (SSSR count). The third-order valence-corrected chi connectivity index (χ3v) is 3.19. The number of nitrogens with one attached hydrogen (secondary N) is 3. The minimum absolute atomic E-state index is 0.257. The van der Waals surface area contributed by atoms with Crippen LogP contribution in [0.2, 0.25) is 0 Å². The second-order valence-corrected chi connectivity index (χ2v) is 5.01. The van der Waals surface area contributed by atoms with Crippen molar-refractivity contribution in [3.05, 3.63) is 18.2 Å². The fourth-order valence-corrected chi connectivity index (χ4v) is 2.00. The van der Waals surface area contributed by atoms with E-state index in [9.17, 15) is 4.79 Å². The number of rotatable bonds is 6. The zero-order chi connectivity index (χ0) is 16.5. The monoisotopic (exact) mass is 314 g/mol. The number of ether oxygens (including phenoxy) is 1. The summed E-state index contributed by atoms with van der Waals surface area (Å²) in [7, 11) is 0. The van der Waals surface area contributed by atoms with Crippen LogP contribution in [0, 0.1) is 11.8 Å². The Labute approximate surface area is 136 Å². The third kappa shape index (κ3) is 4.92. The molecule has 122 valence electrons. The van der Waals surface area contributed by atoms with Crippen molar-refractivity contribution in [3.8, 4) is 17.6 Å².